The predicted molar refractivity (Wildman–Crippen MR) is 93.3 cm³/mol. The Balaban J connectivity index is 1.82. The lowest BCUT2D eigenvalue weighted by molar-refractivity contribution is -0.147. The summed E-state index contributed by atoms with van der Waals surface area (Å²) >= 11 is 1.54. The van der Waals surface area contributed by atoms with Crippen LogP contribution < -0.4 is 0 Å². The molecular weight excluding hydrogens is 322 g/mol. The Morgan fingerprint density at radius 1 is 1.08 bits per heavy atom. The topological polar surface area (TPSA) is 57.6 Å². The average Bonchev–Trinajstić information content (AvgIpc) is 3.00. The number of aliphatic carboxylic acids is 1. The molecule has 5 heteroatoms. The number of carbonyl (C=O) groups excluding carboxylic acids is 1. The molecule has 1 saturated heterocycles. The van der Waals surface area contributed by atoms with Gasteiger partial charge in [-0.05, 0) is 37.6 Å². The zero-order chi connectivity index (χ0) is 17.2. The van der Waals surface area contributed by atoms with Gasteiger partial charge in [-0.1, -0.05) is 42.1 Å². The van der Waals surface area contributed by atoms with Crippen molar-refractivity contribution in [2.75, 3.05) is 13.1 Å². The molecule has 2 aromatic carbocycles. The van der Waals surface area contributed by atoms with Gasteiger partial charge < -0.3 is 10.0 Å². The Morgan fingerprint density at radius 2 is 1.75 bits per heavy atom. The summed E-state index contributed by atoms with van der Waals surface area (Å²) in [6.07, 6.45) is 0.488. The van der Waals surface area contributed by atoms with Crippen LogP contribution in [0.1, 0.15) is 23.7 Å². The van der Waals surface area contributed by atoms with E-state index in [2.05, 4.69) is 0 Å². The molecule has 0 bridgehead atoms. The molecule has 1 fully saturated rings. The number of rotatable bonds is 4. The van der Waals surface area contributed by atoms with Crippen LogP contribution in [-0.4, -0.2) is 35.0 Å². The number of carbonyl (C=O) groups is 2. The maximum absolute atomic E-state index is 12.9. The van der Waals surface area contributed by atoms with E-state index < -0.39 is 11.4 Å². The largest absolute Gasteiger partial charge is 0.481 e. The van der Waals surface area contributed by atoms with Crippen LogP contribution in [0.2, 0.25) is 0 Å². The van der Waals surface area contributed by atoms with Gasteiger partial charge in [0.25, 0.3) is 5.91 Å². The first-order valence-corrected chi connectivity index (χ1v) is 8.66. The smallest absolute Gasteiger partial charge is 0.311 e. The normalized spacial score (nSPS) is 20.1. The predicted octanol–water partition coefficient (Wildman–Crippen LogP) is 3.77. The summed E-state index contributed by atoms with van der Waals surface area (Å²) < 4.78 is 0. The minimum absolute atomic E-state index is 0.0981. The number of hydrogen-bond donors (Lipinski definition) is 1. The number of carboxylic acid groups (broad SMARTS) is 1. The lowest BCUT2D eigenvalue weighted by Crippen LogP contribution is -2.35. The summed E-state index contributed by atoms with van der Waals surface area (Å²) in [4.78, 5) is 27.9. The van der Waals surface area contributed by atoms with Crippen molar-refractivity contribution in [3.8, 4) is 0 Å². The van der Waals surface area contributed by atoms with Crippen molar-refractivity contribution >= 4 is 23.6 Å². The van der Waals surface area contributed by atoms with E-state index in [1.165, 1.54) is 0 Å². The van der Waals surface area contributed by atoms with Crippen molar-refractivity contribution in [3.63, 3.8) is 0 Å². The molecule has 0 aliphatic carbocycles. The van der Waals surface area contributed by atoms with Crippen LogP contribution in [0.3, 0.4) is 0 Å². The molecule has 1 aliphatic rings. The highest BCUT2D eigenvalue weighted by Gasteiger charge is 2.42. The molecule has 1 N–H and O–H groups in total. The van der Waals surface area contributed by atoms with Crippen molar-refractivity contribution in [2.24, 2.45) is 5.41 Å². The monoisotopic (exact) mass is 341 g/mol. The molecule has 124 valence electrons. The van der Waals surface area contributed by atoms with Crippen LogP contribution in [0, 0.1) is 5.41 Å². The summed E-state index contributed by atoms with van der Waals surface area (Å²) in [5.41, 5.74) is -0.224. The SMILES string of the molecule is CC1(C(=O)O)CCN(C(=O)c2ccccc2Sc2ccccc2)C1. The number of likely N-dealkylation sites (tertiary alicyclic amines) is 1. The van der Waals surface area contributed by atoms with Crippen molar-refractivity contribution < 1.29 is 14.7 Å². The summed E-state index contributed by atoms with van der Waals surface area (Å²) in [5.74, 6) is -0.941. The molecule has 0 saturated carbocycles. The van der Waals surface area contributed by atoms with Gasteiger partial charge in [0, 0.05) is 22.9 Å². The molecule has 1 atom stereocenters. The third-order valence-corrected chi connectivity index (χ3v) is 5.45. The van der Waals surface area contributed by atoms with E-state index in [-0.39, 0.29) is 12.5 Å². The van der Waals surface area contributed by atoms with E-state index in [1.807, 2.05) is 54.6 Å². The molecule has 1 aliphatic heterocycles. The van der Waals surface area contributed by atoms with Gasteiger partial charge in [0.2, 0.25) is 0 Å². The quantitative estimate of drug-likeness (QED) is 0.919. The van der Waals surface area contributed by atoms with Gasteiger partial charge in [-0.15, -0.1) is 0 Å². The molecule has 4 nitrogen and oxygen atoms in total. The number of carboxylic acids is 1. The van der Waals surface area contributed by atoms with Gasteiger partial charge >= 0.3 is 5.97 Å². The van der Waals surface area contributed by atoms with E-state index in [0.717, 1.165) is 9.79 Å². The molecule has 0 radical (unpaired) electrons. The van der Waals surface area contributed by atoms with Gasteiger partial charge in [0.15, 0.2) is 0 Å². The maximum atomic E-state index is 12.9. The van der Waals surface area contributed by atoms with Crippen LogP contribution in [0.25, 0.3) is 0 Å². The summed E-state index contributed by atoms with van der Waals surface area (Å²) in [7, 11) is 0. The minimum Gasteiger partial charge on any atom is -0.481 e. The van der Waals surface area contributed by atoms with Gasteiger partial charge in [0.1, 0.15) is 0 Å². The summed E-state index contributed by atoms with van der Waals surface area (Å²) in [6.45, 7) is 2.44. The maximum Gasteiger partial charge on any atom is 0.311 e. The van der Waals surface area contributed by atoms with Crippen LogP contribution in [0.5, 0.6) is 0 Å². The Kier molecular flexibility index (Phi) is 4.62. The van der Waals surface area contributed by atoms with E-state index in [0.29, 0.717) is 18.5 Å². The summed E-state index contributed by atoms with van der Waals surface area (Å²) in [5, 5.41) is 9.35. The minimum atomic E-state index is -0.850. The molecule has 24 heavy (non-hydrogen) atoms. The van der Waals surface area contributed by atoms with Crippen molar-refractivity contribution in [1.29, 1.82) is 0 Å². The zero-order valence-electron chi connectivity index (χ0n) is 13.4. The second kappa shape index (κ2) is 6.69. The van der Waals surface area contributed by atoms with Gasteiger partial charge in [-0.25, -0.2) is 0 Å². The lowest BCUT2D eigenvalue weighted by atomic mass is 9.90. The molecule has 1 heterocycles. The first-order chi connectivity index (χ1) is 11.5. The summed E-state index contributed by atoms with van der Waals surface area (Å²) in [6, 6.07) is 17.4. The fourth-order valence-electron chi connectivity index (χ4n) is 2.83. The van der Waals surface area contributed by atoms with Crippen molar-refractivity contribution in [3.05, 3.63) is 60.2 Å². The zero-order valence-corrected chi connectivity index (χ0v) is 14.3. The number of nitrogens with zero attached hydrogens (tertiary/aromatic N) is 1. The van der Waals surface area contributed by atoms with Crippen LogP contribution in [0.4, 0.5) is 0 Å². The number of amides is 1. The van der Waals surface area contributed by atoms with Crippen LogP contribution in [0.15, 0.2) is 64.4 Å². The first kappa shape index (κ1) is 16.6. The Bertz CT molecular complexity index is 762. The molecule has 0 aromatic heterocycles. The third kappa shape index (κ3) is 3.31. The Labute approximate surface area is 145 Å². The average molecular weight is 341 g/mol. The molecule has 1 amide bonds. The highest BCUT2D eigenvalue weighted by atomic mass is 32.2. The lowest BCUT2D eigenvalue weighted by Gasteiger charge is -2.21. The second-order valence-corrected chi connectivity index (χ2v) is 7.37. The molecule has 0 spiro atoms. The third-order valence-electron chi connectivity index (χ3n) is 4.37. The standard InChI is InChI=1S/C19H19NO3S/c1-19(18(22)23)11-12-20(13-19)17(21)15-9-5-6-10-16(15)24-14-7-3-2-4-8-14/h2-10H,11-13H2,1H3,(H,22,23). The highest BCUT2D eigenvalue weighted by Crippen LogP contribution is 2.34. The van der Waals surface area contributed by atoms with E-state index in [4.69, 9.17) is 0 Å². The van der Waals surface area contributed by atoms with Crippen LogP contribution >= 0.6 is 11.8 Å². The van der Waals surface area contributed by atoms with Crippen molar-refractivity contribution in [1.82, 2.24) is 4.90 Å². The Hall–Kier alpha value is -2.27. The van der Waals surface area contributed by atoms with Gasteiger partial charge in [-0.2, -0.15) is 0 Å². The number of benzene rings is 2. The fourth-order valence-corrected chi connectivity index (χ4v) is 3.79. The Morgan fingerprint density at radius 3 is 2.42 bits per heavy atom. The fraction of sp³-hybridized carbons (Fsp3) is 0.263. The van der Waals surface area contributed by atoms with Gasteiger partial charge in [0.05, 0.1) is 11.0 Å². The van der Waals surface area contributed by atoms with E-state index in [1.54, 1.807) is 23.6 Å². The van der Waals surface area contributed by atoms with E-state index >= 15 is 0 Å². The van der Waals surface area contributed by atoms with Gasteiger partial charge in [-0.3, -0.25) is 9.59 Å². The molecule has 2 aromatic rings. The van der Waals surface area contributed by atoms with Crippen LogP contribution in [-0.2, 0) is 4.79 Å². The van der Waals surface area contributed by atoms with Crippen molar-refractivity contribution in [2.45, 2.75) is 23.1 Å². The second-order valence-electron chi connectivity index (χ2n) is 6.25. The molecular formula is C19H19NO3S. The molecule has 3 rings (SSSR count). The number of hydrogen-bond acceptors (Lipinski definition) is 3. The highest BCUT2D eigenvalue weighted by molar-refractivity contribution is 7.99. The first-order valence-electron chi connectivity index (χ1n) is 7.84. The molecule has 1 unspecified atom stereocenters. The van der Waals surface area contributed by atoms with E-state index in [9.17, 15) is 14.7 Å².